The molecule has 10 heteroatoms. The van der Waals surface area contributed by atoms with E-state index in [0.717, 1.165) is 209 Å². The van der Waals surface area contributed by atoms with Gasteiger partial charge in [0.1, 0.15) is 44.7 Å². The first-order valence-corrected chi connectivity index (χ1v) is 38.9. The molecule has 0 spiro atoms. The summed E-state index contributed by atoms with van der Waals surface area (Å²) < 4.78 is 25.8. The van der Waals surface area contributed by atoms with Gasteiger partial charge >= 0.3 is 0 Å². The van der Waals surface area contributed by atoms with Crippen molar-refractivity contribution >= 4 is 131 Å². The third kappa shape index (κ3) is 10.8. The lowest BCUT2D eigenvalue weighted by atomic mass is 9.93. The summed E-state index contributed by atoms with van der Waals surface area (Å²) in [4.78, 5) is 31.6. The van der Waals surface area contributed by atoms with Gasteiger partial charge in [0.05, 0.1) is 0 Å². The molecule has 0 atom stereocenters. The van der Waals surface area contributed by atoms with Crippen LogP contribution in [0.1, 0.15) is 0 Å². The summed E-state index contributed by atoms with van der Waals surface area (Å²) in [6.07, 6.45) is 0. The maximum atomic E-state index is 6.94. The zero-order valence-electron chi connectivity index (χ0n) is 62.0. The van der Waals surface area contributed by atoms with Crippen LogP contribution in [0.25, 0.3) is 255 Å². The number of para-hydroxylation sites is 4. The van der Waals surface area contributed by atoms with E-state index in [1.807, 2.05) is 54.6 Å². The van der Waals surface area contributed by atoms with Crippen LogP contribution in [0.2, 0.25) is 0 Å². The Morgan fingerprint density at radius 1 is 0.147 bits per heavy atom. The van der Waals surface area contributed by atoms with Gasteiger partial charge < -0.3 is 17.7 Å². The number of aromatic nitrogens is 6. The summed E-state index contributed by atoms with van der Waals surface area (Å²) in [7, 11) is 0. The van der Waals surface area contributed by atoms with Gasteiger partial charge in [-0.1, -0.05) is 279 Å². The van der Waals surface area contributed by atoms with E-state index in [0.29, 0.717) is 34.9 Å². The lowest BCUT2D eigenvalue weighted by Crippen LogP contribution is -2.00. The summed E-state index contributed by atoms with van der Waals surface area (Å²) >= 11 is 0. The molecule has 0 radical (unpaired) electrons. The largest absolute Gasteiger partial charge is 0.456 e. The number of furan rings is 4. The van der Waals surface area contributed by atoms with Gasteiger partial charge in [0.15, 0.2) is 34.9 Å². The van der Waals surface area contributed by atoms with Gasteiger partial charge in [0.2, 0.25) is 0 Å². The van der Waals surface area contributed by atoms with E-state index in [2.05, 4.69) is 309 Å². The molecular weight excluding hydrogens is 1420 g/mol. The SMILES string of the molecule is c1ccc(-c2ccc3cc(-c4nc(-c5ccc(-c6ccc(-c7ccc8cc(-c9ccc(-c%10nc(-c%11ccc(-c%12cccc%13oc%14ccccc%14c%12%13)cc%11)nc(-c%11ccc%12c(ccc%13oc%14ccccc%14c%13%12)c%11)n%10)cc9)ccc8c7)c7oc8ccccc8c67)cc5)nc(-c5ccc6c(ccc7oc8ccccc8c76)c5)n4)ccc3c2)cc1. The minimum Gasteiger partial charge on any atom is -0.456 e. The standard InChI is InChI=1S/C106H60N6O4/c1-2-13-61(14-3-1)68-37-40-73-58-77(44-42-71(73)55-68)104-110-103(111-106(112-104)79-46-50-83-75(60-79)48-54-95-98(83)87-17-6-10-22-91(87)115-95)67-35-29-64(30-36-67)81-51-52-84(100-99(81)88-18-7-11-23-92(88)116-100)76-43-41-70-56-69(38-39-72(70)57-76)62-25-31-65(32-26-62)101-107-102(66-33-27-63(28-34-66)80-19-12-24-93-96(80)85-15-4-8-20-89(85)113-93)109-105(108-101)78-45-49-82-74(59-78)47-53-94-97(82)86-16-5-9-21-90(86)114-94/h1-60H. The molecule has 0 unspecified atom stereocenters. The van der Waals surface area contributed by atoms with E-state index in [1.54, 1.807) is 0 Å². The molecule has 24 aromatic rings. The molecule has 6 heterocycles. The van der Waals surface area contributed by atoms with E-state index >= 15 is 0 Å². The van der Waals surface area contributed by atoms with E-state index < -0.39 is 0 Å². The Morgan fingerprint density at radius 3 is 0.931 bits per heavy atom. The highest BCUT2D eigenvalue weighted by atomic mass is 16.3. The van der Waals surface area contributed by atoms with Gasteiger partial charge in [-0.25, -0.2) is 29.9 Å². The Hall–Kier alpha value is -15.8. The minimum atomic E-state index is 0.571. The third-order valence-electron chi connectivity index (χ3n) is 23.2. The monoisotopic (exact) mass is 1480 g/mol. The van der Waals surface area contributed by atoms with Crippen molar-refractivity contribution in [2.24, 2.45) is 0 Å². The van der Waals surface area contributed by atoms with Crippen LogP contribution in [0.5, 0.6) is 0 Å². The number of hydrogen-bond acceptors (Lipinski definition) is 10. The molecule has 0 bridgehead atoms. The maximum Gasteiger partial charge on any atom is 0.164 e. The smallest absolute Gasteiger partial charge is 0.164 e. The Bertz CT molecular complexity index is 8200. The van der Waals surface area contributed by atoms with Crippen LogP contribution in [-0.4, -0.2) is 29.9 Å². The molecule has 0 saturated carbocycles. The first kappa shape index (κ1) is 65.0. The second-order valence-electron chi connectivity index (χ2n) is 29.9. The number of hydrogen-bond donors (Lipinski definition) is 0. The Morgan fingerprint density at radius 2 is 0.448 bits per heavy atom. The predicted molar refractivity (Wildman–Crippen MR) is 472 cm³/mol. The molecule has 0 aliphatic carbocycles. The molecule has 0 aliphatic heterocycles. The van der Waals surface area contributed by atoms with E-state index in [-0.39, 0.29) is 0 Å². The van der Waals surface area contributed by atoms with Gasteiger partial charge in [0.25, 0.3) is 0 Å². The summed E-state index contributed by atoms with van der Waals surface area (Å²) in [6, 6.07) is 127. The van der Waals surface area contributed by atoms with Crippen LogP contribution < -0.4 is 0 Å². The molecule has 6 aromatic heterocycles. The van der Waals surface area contributed by atoms with E-state index in [9.17, 15) is 0 Å². The molecule has 24 rings (SSSR count). The molecular formula is C106H60N6O4. The molecule has 10 nitrogen and oxygen atoms in total. The van der Waals surface area contributed by atoms with Gasteiger partial charge in [-0.05, 0) is 178 Å². The molecule has 0 N–H and O–H groups in total. The van der Waals surface area contributed by atoms with E-state index in [1.165, 1.54) is 11.1 Å². The van der Waals surface area contributed by atoms with Gasteiger partial charge in [0, 0.05) is 82.0 Å². The van der Waals surface area contributed by atoms with Gasteiger partial charge in [-0.3, -0.25) is 0 Å². The molecule has 116 heavy (non-hydrogen) atoms. The number of benzene rings is 18. The van der Waals surface area contributed by atoms with E-state index in [4.69, 9.17) is 47.6 Å². The second-order valence-corrected chi connectivity index (χ2v) is 29.9. The van der Waals surface area contributed by atoms with Crippen molar-refractivity contribution in [3.8, 4) is 124 Å². The quantitative estimate of drug-likeness (QED) is 0.123. The van der Waals surface area contributed by atoms with Crippen LogP contribution in [0.4, 0.5) is 0 Å². The average Bonchev–Trinajstić information content (AvgIpc) is 1.57. The Kier molecular flexibility index (Phi) is 14.5. The van der Waals surface area contributed by atoms with Crippen molar-refractivity contribution in [3.05, 3.63) is 364 Å². The van der Waals surface area contributed by atoms with Crippen molar-refractivity contribution in [2.45, 2.75) is 0 Å². The number of rotatable bonds is 11. The average molecular weight is 1480 g/mol. The van der Waals surface area contributed by atoms with Crippen molar-refractivity contribution in [3.63, 3.8) is 0 Å². The Labute approximate surface area is 662 Å². The van der Waals surface area contributed by atoms with Gasteiger partial charge in [-0.2, -0.15) is 0 Å². The van der Waals surface area contributed by atoms with Gasteiger partial charge in [-0.15, -0.1) is 0 Å². The summed E-state index contributed by atoms with van der Waals surface area (Å²) in [5.41, 5.74) is 22.9. The molecule has 18 aromatic carbocycles. The lowest BCUT2D eigenvalue weighted by molar-refractivity contribution is 0.668. The highest BCUT2D eigenvalue weighted by molar-refractivity contribution is 6.21. The first-order chi connectivity index (χ1) is 57.4. The number of fused-ring (bicyclic) bond motifs is 18. The molecule has 0 fully saturated rings. The molecule has 0 amide bonds. The zero-order chi connectivity index (χ0) is 76.1. The fraction of sp³-hybridized carbons (Fsp3) is 0. The second kappa shape index (κ2) is 25.9. The lowest BCUT2D eigenvalue weighted by Gasteiger charge is -2.12. The highest BCUT2D eigenvalue weighted by Crippen LogP contribution is 2.46. The predicted octanol–water partition coefficient (Wildman–Crippen LogP) is 28.6. The van der Waals surface area contributed by atoms with Crippen LogP contribution in [0, 0.1) is 0 Å². The van der Waals surface area contributed by atoms with Crippen LogP contribution in [-0.2, 0) is 0 Å². The number of nitrogens with zero attached hydrogens (tertiary/aromatic N) is 6. The topological polar surface area (TPSA) is 130 Å². The fourth-order valence-corrected chi connectivity index (χ4v) is 17.4. The molecule has 538 valence electrons. The normalized spacial score (nSPS) is 12.0. The maximum absolute atomic E-state index is 6.94. The van der Waals surface area contributed by atoms with Crippen LogP contribution >= 0.6 is 0 Å². The molecule has 0 aliphatic rings. The van der Waals surface area contributed by atoms with Crippen LogP contribution in [0.15, 0.2) is 382 Å². The summed E-state index contributed by atoms with van der Waals surface area (Å²) in [5, 5.41) is 17.4. The summed E-state index contributed by atoms with van der Waals surface area (Å²) in [6.45, 7) is 0. The highest BCUT2D eigenvalue weighted by Gasteiger charge is 2.23. The van der Waals surface area contributed by atoms with Crippen molar-refractivity contribution in [2.75, 3.05) is 0 Å². The van der Waals surface area contributed by atoms with Crippen molar-refractivity contribution in [1.82, 2.24) is 29.9 Å². The fourth-order valence-electron chi connectivity index (χ4n) is 17.4. The first-order valence-electron chi connectivity index (χ1n) is 38.9. The van der Waals surface area contributed by atoms with Crippen molar-refractivity contribution in [1.29, 1.82) is 0 Å². The summed E-state index contributed by atoms with van der Waals surface area (Å²) in [5.74, 6) is 3.46. The Balaban J connectivity index is 0.548. The third-order valence-corrected chi connectivity index (χ3v) is 23.2. The van der Waals surface area contributed by atoms with Crippen LogP contribution in [0.3, 0.4) is 0 Å². The minimum absolute atomic E-state index is 0.571. The zero-order valence-corrected chi connectivity index (χ0v) is 62.0. The molecule has 0 saturated heterocycles. The van der Waals surface area contributed by atoms with Crippen molar-refractivity contribution < 1.29 is 17.7 Å².